The van der Waals surface area contributed by atoms with E-state index < -0.39 is 10.1 Å². The molecule has 0 aliphatic rings. The molecule has 0 saturated heterocycles. The van der Waals surface area contributed by atoms with Crippen molar-refractivity contribution in [3.8, 4) is 0 Å². The van der Waals surface area contributed by atoms with Gasteiger partial charge in [-0.1, -0.05) is 26.8 Å². The average Bonchev–Trinajstić information content (AvgIpc) is 2.67. The summed E-state index contributed by atoms with van der Waals surface area (Å²) in [6.45, 7) is 8.29. The van der Waals surface area contributed by atoms with Crippen LogP contribution < -0.4 is 0 Å². The van der Waals surface area contributed by atoms with Crippen molar-refractivity contribution in [3.63, 3.8) is 0 Å². The van der Waals surface area contributed by atoms with Crippen LogP contribution in [0.15, 0.2) is 10.5 Å². The standard InChI is InChI=1S/C14H23NO4S/c1-6-14(3,4)9-7-13-15-12(11(2)19-13)8-10-18-20(5,16)17/h7,9H,6,8,10H2,1-5H3. The molecule has 0 aromatic carbocycles. The highest BCUT2D eigenvalue weighted by Crippen LogP contribution is 2.23. The minimum atomic E-state index is -3.41. The Balaban J connectivity index is 2.68. The van der Waals surface area contributed by atoms with Crippen LogP contribution in [-0.4, -0.2) is 26.3 Å². The van der Waals surface area contributed by atoms with Crippen molar-refractivity contribution in [2.75, 3.05) is 12.9 Å². The molecule has 0 saturated carbocycles. The largest absolute Gasteiger partial charge is 0.442 e. The zero-order chi connectivity index (χ0) is 15.4. The van der Waals surface area contributed by atoms with Crippen molar-refractivity contribution in [3.05, 3.63) is 23.4 Å². The Bertz CT molecular complexity index is 570. The molecule has 0 N–H and O–H groups in total. The molecule has 1 aromatic rings. The predicted molar refractivity (Wildman–Crippen MR) is 78.8 cm³/mol. The first kappa shape index (κ1) is 16.9. The summed E-state index contributed by atoms with van der Waals surface area (Å²) in [6, 6.07) is 0. The van der Waals surface area contributed by atoms with Gasteiger partial charge in [0.1, 0.15) is 5.76 Å². The molecule has 1 heterocycles. The number of rotatable bonds is 7. The van der Waals surface area contributed by atoms with Gasteiger partial charge in [0.25, 0.3) is 10.1 Å². The van der Waals surface area contributed by atoms with E-state index in [-0.39, 0.29) is 12.0 Å². The molecule has 5 nitrogen and oxygen atoms in total. The lowest BCUT2D eigenvalue weighted by Gasteiger charge is -2.15. The van der Waals surface area contributed by atoms with Gasteiger partial charge in [0.15, 0.2) is 0 Å². The lowest BCUT2D eigenvalue weighted by molar-refractivity contribution is 0.324. The fourth-order valence-electron chi connectivity index (χ4n) is 1.46. The van der Waals surface area contributed by atoms with Crippen LogP contribution in [-0.2, 0) is 20.7 Å². The van der Waals surface area contributed by atoms with Crippen LogP contribution in [0.3, 0.4) is 0 Å². The molecule has 0 atom stereocenters. The quantitative estimate of drug-likeness (QED) is 0.724. The first-order chi connectivity index (χ1) is 9.13. The summed E-state index contributed by atoms with van der Waals surface area (Å²) >= 11 is 0. The summed E-state index contributed by atoms with van der Waals surface area (Å²) in [5.41, 5.74) is 0.824. The lowest BCUT2D eigenvalue weighted by Crippen LogP contribution is -2.07. The van der Waals surface area contributed by atoms with Crippen LogP contribution in [0, 0.1) is 12.3 Å². The van der Waals surface area contributed by atoms with E-state index in [2.05, 4.69) is 31.8 Å². The molecule has 0 spiro atoms. The smallest absolute Gasteiger partial charge is 0.264 e. The molecule has 20 heavy (non-hydrogen) atoms. The second kappa shape index (κ2) is 6.54. The summed E-state index contributed by atoms with van der Waals surface area (Å²) in [4.78, 5) is 4.34. The maximum Gasteiger partial charge on any atom is 0.264 e. The molecule has 1 aromatic heterocycles. The van der Waals surface area contributed by atoms with Crippen LogP contribution in [0.2, 0.25) is 0 Å². The maximum atomic E-state index is 10.9. The fraction of sp³-hybridized carbons (Fsp3) is 0.643. The van der Waals surface area contributed by atoms with Gasteiger partial charge in [-0.2, -0.15) is 8.42 Å². The number of hydrogen-bond acceptors (Lipinski definition) is 5. The number of nitrogens with zero attached hydrogens (tertiary/aromatic N) is 1. The van der Waals surface area contributed by atoms with Gasteiger partial charge in [-0.05, 0) is 24.8 Å². The Kier molecular flexibility index (Phi) is 5.53. The SMILES string of the molecule is CCC(C)(C)C=Cc1nc(CCOS(C)(=O)=O)c(C)o1. The van der Waals surface area contributed by atoms with Crippen LogP contribution in [0.4, 0.5) is 0 Å². The summed E-state index contributed by atoms with van der Waals surface area (Å²) in [6.07, 6.45) is 6.39. The Morgan fingerprint density at radius 2 is 2.05 bits per heavy atom. The Morgan fingerprint density at radius 1 is 1.40 bits per heavy atom. The molecule has 0 fully saturated rings. The van der Waals surface area contributed by atoms with Crippen LogP contribution >= 0.6 is 0 Å². The van der Waals surface area contributed by atoms with Crippen molar-refractivity contribution < 1.29 is 17.0 Å². The Morgan fingerprint density at radius 3 is 2.60 bits per heavy atom. The molecule has 1 rings (SSSR count). The molecule has 0 bridgehead atoms. The topological polar surface area (TPSA) is 69.4 Å². The number of aryl methyl sites for hydroxylation is 1. The second-order valence-electron chi connectivity index (χ2n) is 5.51. The summed E-state index contributed by atoms with van der Waals surface area (Å²) in [5, 5.41) is 0. The van der Waals surface area contributed by atoms with Crippen LogP contribution in [0.5, 0.6) is 0 Å². The molecular weight excluding hydrogens is 278 g/mol. The van der Waals surface area contributed by atoms with E-state index in [1.54, 1.807) is 0 Å². The highest BCUT2D eigenvalue weighted by atomic mass is 32.2. The predicted octanol–water partition coefficient (Wildman–Crippen LogP) is 2.95. The van der Waals surface area contributed by atoms with Gasteiger partial charge in [0.05, 0.1) is 18.6 Å². The van der Waals surface area contributed by atoms with Gasteiger partial charge in [-0.25, -0.2) is 4.98 Å². The highest BCUT2D eigenvalue weighted by molar-refractivity contribution is 7.85. The molecule has 0 unspecified atom stereocenters. The van der Waals surface area contributed by atoms with E-state index in [4.69, 9.17) is 8.60 Å². The van der Waals surface area contributed by atoms with Gasteiger partial charge in [-0.15, -0.1) is 0 Å². The summed E-state index contributed by atoms with van der Waals surface area (Å²) in [7, 11) is -3.41. The van der Waals surface area contributed by atoms with E-state index in [0.29, 0.717) is 18.1 Å². The van der Waals surface area contributed by atoms with Crippen molar-refractivity contribution >= 4 is 16.2 Å². The highest BCUT2D eigenvalue weighted by Gasteiger charge is 2.12. The van der Waals surface area contributed by atoms with Crippen LogP contribution in [0.25, 0.3) is 6.08 Å². The molecule has 114 valence electrons. The third-order valence-corrected chi connectivity index (χ3v) is 3.73. The molecule has 6 heteroatoms. The first-order valence-electron chi connectivity index (χ1n) is 6.63. The number of hydrogen-bond donors (Lipinski definition) is 0. The van der Waals surface area contributed by atoms with Crippen molar-refractivity contribution in [1.29, 1.82) is 0 Å². The lowest BCUT2D eigenvalue weighted by atomic mass is 9.90. The number of oxazole rings is 1. The zero-order valence-corrected chi connectivity index (χ0v) is 13.6. The minimum Gasteiger partial charge on any atom is -0.442 e. The van der Waals surface area contributed by atoms with Gasteiger partial charge >= 0.3 is 0 Å². The Labute approximate surface area is 121 Å². The third kappa shape index (κ3) is 5.88. The van der Waals surface area contributed by atoms with Crippen molar-refractivity contribution in [2.24, 2.45) is 5.41 Å². The van der Waals surface area contributed by atoms with E-state index in [1.165, 1.54) is 0 Å². The Hall–Kier alpha value is -1.14. The van der Waals surface area contributed by atoms with Crippen LogP contribution in [0.1, 0.15) is 44.5 Å². The van der Waals surface area contributed by atoms with E-state index in [0.717, 1.165) is 18.4 Å². The zero-order valence-electron chi connectivity index (χ0n) is 12.8. The normalized spacial score (nSPS) is 13.2. The molecule has 0 aliphatic heterocycles. The minimum absolute atomic E-state index is 0.0792. The third-order valence-electron chi connectivity index (χ3n) is 3.13. The summed E-state index contributed by atoms with van der Waals surface area (Å²) < 4.78 is 32.0. The van der Waals surface area contributed by atoms with Gasteiger partial charge < -0.3 is 4.42 Å². The fourth-order valence-corrected chi connectivity index (χ4v) is 1.84. The first-order valence-corrected chi connectivity index (χ1v) is 8.44. The molecule has 0 radical (unpaired) electrons. The molecular formula is C14H23NO4S. The van der Waals surface area contributed by atoms with Gasteiger partial charge in [0, 0.05) is 6.42 Å². The average molecular weight is 301 g/mol. The van der Waals surface area contributed by atoms with Crippen molar-refractivity contribution in [1.82, 2.24) is 4.98 Å². The van der Waals surface area contributed by atoms with Gasteiger partial charge in [0.2, 0.25) is 5.89 Å². The maximum absolute atomic E-state index is 10.9. The van der Waals surface area contributed by atoms with Gasteiger partial charge in [-0.3, -0.25) is 4.18 Å². The van der Waals surface area contributed by atoms with E-state index in [1.807, 2.05) is 13.0 Å². The number of allylic oxidation sites excluding steroid dienone is 1. The molecule has 0 aliphatic carbocycles. The second-order valence-corrected chi connectivity index (χ2v) is 7.15. The van der Waals surface area contributed by atoms with E-state index >= 15 is 0 Å². The van der Waals surface area contributed by atoms with Crippen molar-refractivity contribution in [2.45, 2.75) is 40.5 Å². The summed E-state index contributed by atoms with van der Waals surface area (Å²) in [5.74, 6) is 1.23. The molecule has 0 amide bonds. The monoisotopic (exact) mass is 301 g/mol. The number of aromatic nitrogens is 1. The van der Waals surface area contributed by atoms with E-state index in [9.17, 15) is 8.42 Å².